The number of esters is 1. The predicted molar refractivity (Wildman–Crippen MR) is 107 cm³/mol. The van der Waals surface area contributed by atoms with Crippen molar-refractivity contribution < 1.29 is 24.2 Å². The third-order valence-corrected chi connectivity index (χ3v) is 4.16. The molecular formula is C21H24N2O5. The normalized spacial score (nSPS) is 10.2. The SMILES string of the molecule is CCCCC(=O)Nc1ccc(C(=O)O)cc1NCc1ccc(C(=O)OC)cc1. The second-order valence-corrected chi connectivity index (χ2v) is 6.26. The minimum atomic E-state index is -1.05. The van der Waals surface area contributed by atoms with Gasteiger partial charge < -0.3 is 20.5 Å². The van der Waals surface area contributed by atoms with Crippen molar-refractivity contribution in [3.8, 4) is 0 Å². The van der Waals surface area contributed by atoms with Crippen LogP contribution in [0.5, 0.6) is 0 Å². The minimum absolute atomic E-state index is 0.115. The Morgan fingerprint density at radius 1 is 1.00 bits per heavy atom. The molecule has 3 N–H and O–H groups in total. The molecule has 28 heavy (non-hydrogen) atoms. The van der Waals surface area contributed by atoms with Gasteiger partial charge in [-0.05, 0) is 42.3 Å². The monoisotopic (exact) mass is 384 g/mol. The molecule has 0 bridgehead atoms. The summed E-state index contributed by atoms with van der Waals surface area (Å²) in [6.07, 6.45) is 2.11. The number of hydrogen-bond acceptors (Lipinski definition) is 5. The topological polar surface area (TPSA) is 105 Å². The molecule has 148 valence electrons. The van der Waals surface area contributed by atoms with Crippen LogP contribution in [0.25, 0.3) is 0 Å². The van der Waals surface area contributed by atoms with E-state index in [2.05, 4.69) is 15.4 Å². The van der Waals surface area contributed by atoms with Crippen molar-refractivity contribution in [2.75, 3.05) is 17.7 Å². The van der Waals surface area contributed by atoms with Gasteiger partial charge in [0.2, 0.25) is 5.91 Å². The number of ether oxygens (including phenoxy) is 1. The van der Waals surface area contributed by atoms with E-state index < -0.39 is 11.9 Å². The Balaban J connectivity index is 2.15. The summed E-state index contributed by atoms with van der Waals surface area (Å²) < 4.78 is 4.67. The number of aromatic carboxylic acids is 1. The minimum Gasteiger partial charge on any atom is -0.478 e. The fourth-order valence-corrected chi connectivity index (χ4v) is 2.56. The van der Waals surface area contributed by atoms with Crippen molar-refractivity contribution in [2.24, 2.45) is 0 Å². The van der Waals surface area contributed by atoms with Gasteiger partial charge in [0.25, 0.3) is 0 Å². The third kappa shape index (κ3) is 5.84. The fraction of sp³-hybridized carbons (Fsp3) is 0.286. The second-order valence-electron chi connectivity index (χ2n) is 6.26. The van der Waals surface area contributed by atoms with Gasteiger partial charge in [-0.25, -0.2) is 9.59 Å². The van der Waals surface area contributed by atoms with Gasteiger partial charge in [-0.15, -0.1) is 0 Å². The van der Waals surface area contributed by atoms with E-state index in [-0.39, 0.29) is 11.5 Å². The highest BCUT2D eigenvalue weighted by Crippen LogP contribution is 2.25. The molecule has 2 rings (SSSR count). The molecule has 2 aromatic rings. The van der Waals surface area contributed by atoms with Crippen LogP contribution in [0, 0.1) is 0 Å². The molecule has 0 aliphatic heterocycles. The molecule has 0 saturated carbocycles. The highest BCUT2D eigenvalue weighted by molar-refractivity contribution is 5.97. The van der Waals surface area contributed by atoms with E-state index in [4.69, 9.17) is 0 Å². The maximum atomic E-state index is 12.0. The van der Waals surface area contributed by atoms with Gasteiger partial charge in [-0.2, -0.15) is 0 Å². The van der Waals surface area contributed by atoms with Crippen LogP contribution in [-0.2, 0) is 16.1 Å². The van der Waals surface area contributed by atoms with Crippen LogP contribution in [-0.4, -0.2) is 30.1 Å². The van der Waals surface area contributed by atoms with Crippen LogP contribution in [0.3, 0.4) is 0 Å². The molecule has 0 aliphatic carbocycles. The first-order valence-electron chi connectivity index (χ1n) is 9.03. The number of unbranched alkanes of at least 4 members (excludes halogenated alkanes) is 1. The Hall–Kier alpha value is -3.35. The lowest BCUT2D eigenvalue weighted by molar-refractivity contribution is -0.116. The van der Waals surface area contributed by atoms with Gasteiger partial charge in [0.1, 0.15) is 0 Å². The first-order valence-corrected chi connectivity index (χ1v) is 9.03. The Labute approximate surface area is 163 Å². The van der Waals surface area contributed by atoms with Crippen molar-refractivity contribution in [3.05, 3.63) is 59.2 Å². The van der Waals surface area contributed by atoms with Gasteiger partial charge in [-0.1, -0.05) is 25.5 Å². The van der Waals surface area contributed by atoms with Gasteiger partial charge in [0.05, 0.1) is 29.6 Å². The van der Waals surface area contributed by atoms with Crippen molar-refractivity contribution in [1.82, 2.24) is 0 Å². The fourth-order valence-electron chi connectivity index (χ4n) is 2.56. The molecule has 0 unspecified atom stereocenters. The Morgan fingerprint density at radius 2 is 1.68 bits per heavy atom. The average Bonchev–Trinajstić information content (AvgIpc) is 2.71. The molecule has 0 atom stereocenters. The van der Waals surface area contributed by atoms with Crippen LogP contribution < -0.4 is 10.6 Å². The summed E-state index contributed by atoms with van der Waals surface area (Å²) in [7, 11) is 1.32. The van der Waals surface area contributed by atoms with Crippen LogP contribution in [0.2, 0.25) is 0 Å². The van der Waals surface area contributed by atoms with Gasteiger partial charge >= 0.3 is 11.9 Å². The van der Waals surface area contributed by atoms with Gasteiger partial charge in [0.15, 0.2) is 0 Å². The number of benzene rings is 2. The number of rotatable bonds is 9. The lowest BCUT2D eigenvalue weighted by atomic mass is 10.1. The van der Waals surface area contributed by atoms with Crippen molar-refractivity contribution in [1.29, 1.82) is 0 Å². The number of carboxylic acids is 1. The molecular weight excluding hydrogens is 360 g/mol. The summed E-state index contributed by atoms with van der Waals surface area (Å²) in [4.78, 5) is 34.8. The first-order chi connectivity index (χ1) is 13.4. The third-order valence-electron chi connectivity index (χ3n) is 4.16. The molecule has 0 aliphatic rings. The molecule has 0 spiro atoms. The number of nitrogens with one attached hydrogen (secondary N) is 2. The summed E-state index contributed by atoms with van der Waals surface area (Å²) >= 11 is 0. The Kier molecular flexibility index (Phi) is 7.56. The average molecular weight is 384 g/mol. The molecule has 7 heteroatoms. The van der Waals surface area contributed by atoms with E-state index in [0.717, 1.165) is 18.4 Å². The maximum Gasteiger partial charge on any atom is 0.337 e. The zero-order chi connectivity index (χ0) is 20.5. The van der Waals surface area contributed by atoms with Gasteiger partial charge in [-0.3, -0.25) is 4.79 Å². The standard InChI is InChI=1S/C21H24N2O5/c1-3-4-5-19(24)23-17-11-10-16(20(25)26)12-18(17)22-13-14-6-8-15(9-7-14)21(27)28-2/h6-12,22H,3-5,13H2,1-2H3,(H,23,24)(H,25,26). The van der Waals surface area contributed by atoms with Crippen LogP contribution in [0.4, 0.5) is 11.4 Å². The summed E-state index contributed by atoms with van der Waals surface area (Å²) in [6.45, 7) is 2.40. The van der Waals surface area contributed by atoms with Crippen molar-refractivity contribution >= 4 is 29.2 Å². The summed E-state index contributed by atoms with van der Waals surface area (Å²) in [6, 6.07) is 11.4. The number of amides is 1. The number of methoxy groups -OCH3 is 1. The van der Waals surface area contributed by atoms with Crippen LogP contribution >= 0.6 is 0 Å². The van der Waals surface area contributed by atoms with Crippen LogP contribution in [0.15, 0.2) is 42.5 Å². The zero-order valence-electron chi connectivity index (χ0n) is 16.0. The first kappa shape index (κ1) is 21.0. The molecule has 0 radical (unpaired) electrons. The smallest absolute Gasteiger partial charge is 0.337 e. The Morgan fingerprint density at radius 3 is 2.29 bits per heavy atom. The molecule has 1 amide bonds. The highest BCUT2D eigenvalue weighted by atomic mass is 16.5. The van der Waals surface area contributed by atoms with E-state index in [9.17, 15) is 19.5 Å². The molecule has 0 heterocycles. The van der Waals surface area contributed by atoms with Crippen LogP contribution in [0.1, 0.15) is 52.5 Å². The molecule has 0 saturated heterocycles. The molecule has 0 fully saturated rings. The zero-order valence-corrected chi connectivity index (χ0v) is 16.0. The number of carbonyl (C=O) groups is 3. The lowest BCUT2D eigenvalue weighted by Gasteiger charge is -2.14. The summed E-state index contributed by atoms with van der Waals surface area (Å²) in [5.74, 6) is -1.57. The van der Waals surface area contributed by atoms with E-state index in [1.54, 1.807) is 30.3 Å². The van der Waals surface area contributed by atoms with E-state index in [1.807, 2.05) is 6.92 Å². The van der Waals surface area contributed by atoms with Gasteiger partial charge in [0, 0.05) is 13.0 Å². The number of carboxylic acid groups (broad SMARTS) is 1. The lowest BCUT2D eigenvalue weighted by Crippen LogP contribution is -2.14. The number of carbonyl (C=O) groups excluding carboxylic acids is 2. The summed E-state index contributed by atoms with van der Waals surface area (Å²) in [5, 5.41) is 15.2. The van der Waals surface area contributed by atoms with E-state index >= 15 is 0 Å². The largest absolute Gasteiger partial charge is 0.478 e. The second kappa shape index (κ2) is 10.1. The highest BCUT2D eigenvalue weighted by Gasteiger charge is 2.11. The van der Waals surface area contributed by atoms with Crippen molar-refractivity contribution in [2.45, 2.75) is 32.7 Å². The van der Waals surface area contributed by atoms with E-state index in [0.29, 0.717) is 29.9 Å². The maximum absolute atomic E-state index is 12.0. The number of anilines is 2. The molecule has 7 nitrogen and oxygen atoms in total. The summed E-state index contributed by atoms with van der Waals surface area (Å²) in [5.41, 5.74) is 2.49. The van der Waals surface area contributed by atoms with E-state index in [1.165, 1.54) is 19.2 Å². The molecule has 0 aromatic heterocycles. The Bertz CT molecular complexity index is 846. The quantitative estimate of drug-likeness (QED) is 0.566. The molecule has 2 aromatic carbocycles. The van der Waals surface area contributed by atoms with Crippen molar-refractivity contribution in [3.63, 3.8) is 0 Å². The number of hydrogen-bond donors (Lipinski definition) is 3. The predicted octanol–water partition coefficient (Wildman–Crippen LogP) is 3.91.